The maximum absolute atomic E-state index is 12.0. The summed E-state index contributed by atoms with van der Waals surface area (Å²) < 4.78 is 2.27. The Hall–Kier alpha value is -2.26. The van der Waals surface area contributed by atoms with Gasteiger partial charge in [-0.05, 0) is 19.1 Å². The highest BCUT2D eigenvalue weighted by atomic mass is 32.2. The monoisotopic (exact) mass is 287 g/mol. The molecule has 0 spiro atoms. The number of benzene rings is 1. The van der Waals surface area contributed by atoms with E-state index in [4.69, 9.17) is 0 Å². The lowest BCUT2D eigenvalue weighted by Crippen LogP contribution is -2.39. The van der Waals surface area contributed by atoms with E-state index in [-0.39, 0.29) is 5.56 Å². The normalized spacial score (nSPS) is 10.3. The molecule has 0 unspecified atom stereocenters. The van der Waals surface area contributed by atoms with Crippen LogP contribution in [0.15, 0.2) is 43.8 Å². The molecule has 20 heavy (non-hydrogen) atoms. The van der Waals surface area contributed by atoms with Gasteiger partial charge in [0.15, 0.2) is 0 Å². The summed E-state index contributed by atoms with van der Waals surface area (Å²) in [6, 6.07) is 9.56. The third-order valence-electron chi connectivity index (χ3n) is 2.93. The highest BCUT2D eigenvalue weighted by molar-refractivity contribution is 7.99. The molecule has 0 saturated carbocycles. The Bertz CT molecular complexity index is 828. The number of aryl methyl sites for hydroxylation is 1. The number of rotatable bonds is 2. The van der Waals surface area contributed by atoms with Gasteiger partial charge in [-0.15, -0.1) is 0 Å². The van der Waals surface area contributed by atoms with Gasteiger partial charge in [-0.1, -0.05) is 29.5 Å². The van der Waals surface area contributed by atoms with Crippen LogP contribution in [0.3, 0.4) is 0 Å². The largest absolute Gasteiger partial charge is 0.331 e. The maximum atomic E-state index is 12.0. The third kappa shape index (κ3) is 2.40. The highest BCUT2D eigenvalue weighted by Gasteiger charge is 2.16. The van der Waals surface area contributed by atoms with Crippen molar-refractivity contribution in [2.24, 2.45) is 14.1 Å². The lowest BCUT2D eigenvalue weighted by Gasteiger charge is -2.11. The van der Waals surface area contributed by atoms with Gasteiger partial charge < -0.3 is 0 Å². The molecule has 1 heterocycles. The molecule has 0 atom stereocenters. The lowest BCUT2D eigenvalue weighted by atomic mass is 10.2. The molecule has 0 amide bonds. The van der Waals surface area contributed by atoms with E-state index in [2.05, 4.69) is 0 Å². The van der Waals surface area contributed by atoms with Crippen LogP contribution in [0, 0.1) is 18.3 Å². The maximum Gasteiger partial charge on any atom is 0.331 e. The van der Waals surface area contributed by atoms with E-state index in [0.29, 0.717) is 5.03 Å². The molecule has 5 nitrogen and oxygen atoms in total. The summed E-state index contributed by atoms with van der Waals surface area (Å²) in [5.41, 5.74) is 0.0540. The molecule has 0 bridgehead atoms. The minimum atomic E-state index is -0.564. The first-order valence-corrected chi connectivity index (χ1v) is 6.72. The van der Waals surface area contributed by atoms with E-state index in [1.54, 1.807) is 7.05 Å². The Morgan fingerprint density at radius 2 is 1.90 bits per heavy atom. The van der Waals surface area contributed by atoms with Crippen LogP contribution in [0.1, 0.15) is 11.1 Å². The van der Waals surface area contributed by atoms with Crippen molar-refractivity contribution >= 4 is 11.8 Å². The minimum Gasteiger partial charge on any atom is -0.290 e. The van der Waals surface area contributed by atoms with E-state index in [1.807, 2.05) is 37.3 Å². The van der Waals surface area contributed by atoms with E-state index in [0.717, 1.165) is 15.0 Å². The SMILES string of the molecule is Cc1cccc(Sc2c(C#N)c(=O)n(C)c(=O)n2C)c1. The zero-order chi connectivity index (χ0) is 14.9. The van der Waals surface area contributed by atoms with Crippen molar-refractivity contribution in [3.05, 3.63) is 56.2 Å². The summed E-state index contributed by atoms with van der Waals surface area (Å²) >= 11 is 1.24. The van der Waals surface area contributed by atoms with Crippen molar-refractivity contribution in [3.8, 4) is 6.07 Å². The molecule has 0 radical (unpaired) electrons. The van der Waals surface area contributed by atoms with Gasteiger partial charge in [0, 0.05) is 19.0 Å². The topological polar surface area (TPSA) is 67.8 Å². The second-order valence-corrected chi connectivity index (χ2v) is 5.48. The van der Waals surface area contributed by atoms with Gasteiger partial charge in [-0.2, -0.15) is 5.26 Å². The highest BCUT2D eigenvalue weighted by Crippen LogP contribution is 2.28. The van der Waals surface area contributed by atoms with Crippen molar-refractivity contribution in [1.29, 1.82) is 5.26 Å². The van der Waals surface area contributed by atoms with Crippen LogP contribution in [-0.2, 0) is 14.1 Å². The molecule has 1 aromatic heterocycles. The number of aromatic nitrogens is 2. The van der Waals surface area contributed by atoms with Crippen LogP contribution in [-0.4, -0.2) is 9.13 Å². The molecule has 0 aliphatic carbocycles. The first-order valence-electron chi connectivity index (χ1n) is 5.90. The van der Waals surface area contributed by atoms with Crippen molar-refractivity contribution < 1.29 is 0 Å². The predicted octanol–water partition coefficient (Wildman–Crippen LogP) is 1.42. The van der Waals surface area contributed by atoms with Gasteiger partial charge in [0.1, 0.15) is 16.7 Å². The molecule has 0 fully saturated rings. The summed E-state index contributed by atoms with van der Waals surface area (Å²) in [5, 5.41) is 9.55. The Balaban J connectivity index is 2.66. The summed E-state index contributed by atoms with van der Waals surface area (Å²) in [6.07, 6.45) is 0. The minimum absolute atomic E-state index is 0.0129. The van der Waals surface area contributed by atoms with Crippen LogP contribution in [0.2, 0.25) is 0 Å². The summed E-state index contributed by atoms with van der Waals surface area (Å²) in [7, 11) is 2.92. The fourth-order valence-corrected chi connectivity index (χ4v) is 2.90. The predicted molar refractivity (Wildman–Crippen MR) is 76.9 cm³/mol. The molecular formula is C14H13N3O2S. The molecule has 1 aromatic carbocycles. The summed E-state index contributed by atoms with van der Waals surface area (Å²) in [5.74, 6) is 0. The lowest BCUT2D eigenvalue weighted by molar-refractivity contribution is 0.631. The van der Waals surface area contributed by atoms with Gasteiger partial charge in [-0.3, -0.25) is 13.9 Å². The van der Waals surface area contributed by atoms with Crippen LogP contribution < -0.4 is 11.2 Å². The molecule has 2 aromatic rings. The summed E-state index contributed by atoms with van der Waals surface area (Å²) in [6.45, 7) is 1.96. The Morgan fingerprint density at radius 3 is 2.50 bits per heavy atom. The van der Waals surface area contributed by atoms with E-state index < -0.39 is 11.2 Å². The zero-order valence-corrected chi connectivity index (χ0v) is 12.2. The molecule has 0 saturated heterocycles. The fourth-order valence-electron chi connectivity index (χ4n) is 1.83. The molecule has 0 N–H and O–H groups in total. The molecule has 6 heteroatoms. The first-order chi connectivity index (χ1) is 9.45. The quantitative estimate of drug-likeness (QED) is 0.783. The summed E-state index contributed by atoms with van der Waals surface area (Å²) in [4.78, 5) is 24.8. The van der Waals surface area contributed by atoms with E-state index >= 15 is 0 Å². The average Bonchev–Trinajstić information content (AvgIpc) is 2.43. The number of hydrogen-bond acceptors (Lipinski definition) is 4. The Kier molecular flexibility index (Phi) is 3.81. The second kappa shape index (κ2) is 5.39. The number of nitriles is 1. The van der Waals surface area contributed by atoms with Gasteiger partial charge >= 0.3 is 5.69 Å². The fraction of sp³-hybridized carbons (Fsp3) is 0.214. The van der Waals surface area contributed by atoms with Crippen molar-refractivity contribution in [2.75, 3.05) is 0 Å². The Labute approximate surface area is 120 Å². The zero-order valence-electron chi connectivity index (χ0n) is 11.4. The van der Waals surface area contributed by atoms with Crippen LogP contribution >= 0.6 is 11.8 Å². The standard InChI is InChI=1S/C14H13N3O2S/c1-9-5-4-6-10(7-9)20-13-11(8-15)12(18)16(2)14(19)17(13)3/h4-7H,1-3H3. The molecule has 0 aliphatic rings. The van der Waals surface area contributed by atoms with Gasteiger partial charge in [-0.25, -0.2) is 4.79 Å². The van der Waals surface area contributed by atoms with Crippen molar-refractivity contribution in [2.45, 2.75) is 16.8 Å². The smallest absolute Gasteiger partial charge is 0.290 e. The molecule has 0 aliphatic heterocycles. The Morgan fingerprint density at radius 1 is 1.20 bits per heavy atom. The van der Waals surface area contributed by atoms with Crippen molar-refractivity contribution in [1.82, 2.24) is 9.13 Å². The van der Waals surface area contributed by atoms with E-state index in [1.165, 1.54) is 23.4 Å². The van der Waals surface area contributed by atoms with Gasteiger partial charge in [0.25, 0.3) is 5.56 Å². The van der Waals surface area contributed by atoms with Crippen LogP contribution in [0.4, 0.5) is 0 Å². The van der Waals surface area contributed by atoms with Crippen LogP contribution in [0.25, 0.3) is 0 Å². The van der Waals surface area contributed by atoms with Gasteiger partial charge in [0.2, 0.25) is 0 Å². The molecular weight excluding hydrogens is 274 g/mol. The molecule has 102 valence electrons. The van der Waals surface area contributed by atoms with Gasteiger partial charge in [0.05, 0.1) is 0 Å². The van der Waals surface area contributed by atoms with Crippen LogP contribution in [0.5, 0.6) is 0 Å². The first kappa shape index (κ1) is 14.2. The van der Waals surface area contributed by atoms with Crippen molar-refractivity contribution in [3.63, 3.8) is 0 Å². The number of hydrogen-bond donors (Lipinski definition) is 0. The molecule has 2 rings (SSSR count). The van der Waals surface area contributed by atoms with E-state index in [9.17, 15) is 14.9 Å². The third-order valence-corrected chi connectivity index (χ3v) is 4.09. The number of nitrogens with zero attached hydrogens (tertiary/aromatic N) is 3. The second-order valence-electron chi connectivity index (χ2n) is 4.42. The average molecular weight is 287 g/mol.